The molecule has 1 amide bonds. The molecule has 0 aliphatic heterocycles. The van der Waals surface area contributed by atoms with Gasteiger partial charge in [0.15, 0.2) is 0 Å². The summed E-state index contributed by atoms with van der Waals surface area (Å²) in [7, 11) is 0. The van der Waals surface area contributed by atoms with Gasteiger partial charge in [0.2, 0.25) is 0 Å². The smallest absolute Gasteiger partial charge is 0.272 e. The van der Waals surface area contributed by atoms with Crippen molar-refractivity contribution in [1.82, 2.24) is 10.4 Å². The van der Waals surface area contributed by atoms with Crippen molar-refractivity contribution in [3.63, 3.8) is 0 Å². The minimum atomic E-state index is -0.354. The summed E-state index contributed by atoms with van der Waals surface area (Å²) in [5.74, 6) is -0.354. The Morgan fingerprint density at radius 3 is 2.70 bits per heavy atom. The van der Waals surface area contributed by atoms with Crippen molar-refractivity contribution in [2.24, 2.45) is 5.10 Å². The van der Waals surface area contributed by atoms with Gasteiger partial charge < -0.3 is 4.98 Å². The van der Waals surface area contributed by atoms with E-state index in [0.29, 0.717) is 21.3 Å². The molecule has 0 unspecified atom stereocenters. The molecule has 3 rings (SSSR count). The van der Waals surface area contributed by atoms with Crippen molar-refractivity contribution in [1.29, 1.82) is 0 Å². The summed E-state index contributed by atoms with van der Waals surface area (Å²) in [5, 5.41) is 6.14. The van der Waals surface area contributed by atoms with Gasteiger partial charge in [-0.15, -0.1) is 0 Å². The number of hydrogen-bond donors (Lipinski definition) is 2. The summed E-state index contributed by atoms with van der Waals surface area (Å²) in [6.45, 7) is 1.82. The number of nitrogens with zero attached hydrogens (tertiary/aromatic N) is 1. The highest BCUT2D eigenvalue weighted by atomic mass is 35.5. The second-order valence-corrected chi connectivity index (χ2v) is 5.85. The first kappa shape index (κ1) is 15.6. The number of rotatable bonds is 3. The van der Waals surface area contributed by atoms with E-state index in [4.69, 9.17) is 23.2 Å². The highest BCUT2D eigenvalue weighted by molar-refractivity contribution is 6.33. The van der Waals surface area contributed by atoms with Gasteiger partial charge in [-0.1, -0.05) is 35.3 Å². The summed E-state index contributed by atoms with van der Waals surface area (Å²) in [6.07, 6.45) is 1.83. The van der Waals surface area contributed by atoms with Crippen molar-refractivity contribution in [2.75, 3.05) is 0 Å². The van der Waals surface area contributed by atoms with E-state index < -0.39 is 0 Å². The molecule has 1 heterocycles. The van der Waals surface area contributed by atoms with Crippen molar-refractivity contribution < 1.29 is 4.79 Å². The van der Waals surface area contributed by atoms with Crippen LogP contribution in [0.3, 0.4) is 0 Å². The second kappa shape index (κ2) is 6.44. The third kappa shape index (κ3) is 3.23. The average Bonchev–Trinajstić information content (AvgIpc) is 2.95. The SMILES string of the molecule is C/C(=N\NC(=O)c1ccccc1Cl)c1c[nH]c2ccc(Cl)cc12. The van der Waals surface area contributed by atoms with Crippen LogP contribution in [0.1, 0.15) is 22.8 Å². The monoisotopic (exact) mass is 345 g/mol. The summed E-state index contributed by atoms with van der Waals surface area (Å²) in [5.41, 5.74) is 5.40. The van der Waals surface area contributed by atoms with Crippen LogP contribution in [0.15, 0.2) is 53.8 Å². The zero-order valence-electron chi connectivity index (χ0n) is 12.2. The van der Waals surface area contributed by atoms with Crippen LogP contribution >= 0.6 is 23.2 Å². The molecule has 0 atom stereocenters. The van der Waals surface area contributed by atoms with Crippen molar-refractivity contribution >= 4 is 45.7 Å². The Morgan fingerprint density at radius 1 is 1.13 bits per heavy atom. The topological polar surface area (TPSA) is 57.2 Å². The Balaban J connectivity index is 1.86. The van der Waals surface area contributed by atoms with Gasteiger partial charge in [-0.2, -0.15) is 5.10 Å². The Bertz CT molecular complexity index is 915. The third-order valence-corrected chi connectivity index (χ3v) is 4.04. The predicted molar refractivity (Wildman–Crippen MR) is 94.4 cm³/mol. The zero-order chi connectivity index (χ0) is 16.4. The molecular weight excluding hydrogens is 333 g/mol. The third-order valence-electron chi connectivity index (χ3n) is 3.48. The molecule has 4 nitrogen and oxygen atoms in total. The summed E-state index contributed by atoms with van der Waals surface area (Å²) in [4.78, 5) is 15.3. The molecule has 0 fully saturated rings. The fraction of sp³-hybridized carbons (Fsp3) is 0.0588. The van der Waals surface area contributed by atoms with E-state index in [1.807, 2.05) is 31.3 Å². The van der Waals surface area contributed by atoms with Crippen LogP contribution in [0.25, 0.3) is 10.9 Å². The number of aromatic amines is 1. The largest absolute Gasteiger partial charge is 0.360 e. The van der Waals surface area contributed by atoms with Gasteiger partial charge in [0.05, 0.1) is 16.3 Å². The lowest BCUT2D eigenvalue weighted by atomic mass is 10.1. The van der Waals surface area contributed by atoms with Crippen LogP contribution in [0, 0.1) is 0 Å². The van der Waals surface area contributed by atoms with Crippen molar-refractivity contribution in [3.8, 4) is 0 Å². The number of carbonyl (C=O) groups is 1. The Labute approximate surface area is 143 Å². The number of hydrogen-bond acceptors (Lipinski definition) is 2. The molecule has 0 bridgehead atoms. The van der Waals surface area contributed by atoms with Gasteiger partial charge in [0, 0.05) is 27.7 Å². The van der Waals surface area contributed by atoms with E-state index in [9.17, 15) is 4.79 Å². The molecule has 3 aromatic rings. The number of aromatic nitrogens is 1. The van der Waals surface area contributed by atoms with E-state index in [1.165, 1.54) is 0 Å². The van der Waals surface area contributed by atoms with Crippen LogP contribution in [0.5, 0.6) is 0 Å². The van der Waals surface area contributed by atoms with Gasteiger partial charge in [-0.25, -0.2) is 5.43 Å². The second-order valence-electron chi connectivity index (χ2n) is 5.01. The van der Waals surface area contributed by atoms with Crippen molar-refractivity contribution in [2.45, 2.75) is 6.92 Å². The standard InChI is InChI=1S/C17H13Cl2N3O/c1-10(14-9-20-16-7-6-11(18)8-13(14)16)21-22-17(23)12-4-2-3-5-15(12)19/h2-9,20H,1H3,(H,22,23)/b21-10+. The van der Waals surface area contributed by atoms with Gasteiger partial charge in [-0.3, -0.25) is 4.79 Å². The molecule has 1 aromatic heterocycles. The molecule has 23 heavy (non-hydrogen) atoms. The molecule has 0 spiro atoms. The Morgan fingerprint density at radius 2 is 1.91 bits per heavy atom. The first-order valence-electron chi connectivity index (χ1n) is 6.92. The molecule has 0 saturated carbocycles. The fourth-order valence-corrected chi connectivity index (χ4v) is 2.69. The predicted octanol–water partition coefficient (Wildman–Crippen LogP) is 4.63. The lowest BCUT2D eigenvalue weighted by Gasteiger charge is -2.04. The van der Waals surface area contributed by atoms with Crippen LogP contribution < -0.4 is 5.43 Å². The summed E-state index contributed by atoms with van der Waals surface area (Å²) >= 11 is 12.0. The highest BCUT2D eigenvalue weighted by Gasteiger charge is 2.10. The lowest BCUT2D eigenvalue weighted by molar-refractivity contribution is 0.0955. The van der Waals surface area contributed by atoms with Gasteiger partial charge >= 0.3 is 0 Å². The average molecular weight is 346 g/mol. The molecule has 116 valence electrons. The normalized spacial score (nSPS) is 11.7. The molecule has 0 aliphatic carbocycles. The van der Waals surface area contributed by atoms with E-state index in [0.717, 1.165) is 16.5 Å². The maximum absolute atomic E-state index is 12.1. The number of carbonyl (C=O) groups excluding carboxylic acids is 1. The van der Waals surface area contributed by atoms with Gasteiger partial charge in [0.1, 0.15) is 0 Å². The quantitative estimate of drug-likeness (QED) is 0.527. The maximum Gasteiger partial charge on any atom is 0.272 e. The van der Waals surface area contributed by atoms with Crippen molar-refractivity contribution in [3.05, 3.63) is 69.8 Å². The Kier molecular flexibility index (Phi) is 4.37. The van der Waals surface area contributed by atoms with Crippen LogP contribution in [-0.4, -0.2) is 16.6 Å². The molecule has 2 N–H and O–H groups in total. The number of fused-ring (bicyclic) bond motifs is 1. The lowest BCUT2D eigenvalue weighted by Crippen LogP contribution is -2.19. The Hall–Kier alpha value is -2.30. The molecule has 0 radical (unpaired) electrons. The van der Waals surface area contributed by atoms with E-state index in [1.54, 1.807) is 24.3 Å². The molecule has 6 heteroatoms. The maximum atomic E-state index is 12.1. The van der Waals surface area contributed by atoms with Crippen LogP contribution in [-0.2, 0) is 0 Å². The minimum Gasteiger partial charge on any atom is -0.360 e. The zero-order valence-corrected chi connectivity index (χ0v) is 13.7. The minimum absolute atomic E-state index is 0.354. The first-order valence-corrected chi connectivity index (χ1v) is 7.68. The number of H-pyrrole nitrogens is 1. The fourth-order valence-electron chi connectivity index (χ4n) is 2.29. The number of benzene rings is 2. The number of hydrazone groups is 1. The molecular formula is C17H13Cl2N3O. The highest BCUT2D eigenvalue weighted by Crippen LogP contribution is 2.23. The molecule has 0 saturated heterocycles. The van der Waals surface area contributed by atoms with Gasteiger partial charge in [-0.05, 0) is 37.3 Å². The van der Waals surface area contributed by atoms with Crippen LogP contribution in [0.4, 0.5) is 0 Å². The first-order chi connectivity index (χ1) is 11.1. The molecule has 0 aliphatic rings. The molecule has 2 aromatic carbocycles. The number of nitrogens with one attached hydrogen (secondary N) is 2. The van der Waals surface area contributed by atoms with Crippen LogP contribution in [0.2, 0.25) is 10.0 Å². The van der Waals surface area contributed by atoms with E-state index in [-0.39, 0.29) is 5.91 Å². The van der Waals surface area contributed by atoms with Gasteiger partial charge in [0.25, 0.3) is 5.91 Å². The number of halogens is 2. The van der Waals surface area contributed by atoms with E-state index in [2.05, 4.69) is 15.5 Å². The van der Waals surface area contributed by atoms with E-state index >= 15 is 0 Å². The summed E-state index contributed by atoms with van der Waals surface area (Å²) < 4.78 is 0. The number of amides is 1. The summed E-state index contributed by atoms with van der Waals surface area (Å²) in [6, 6.07) is 12.4.